The van der Waals surface area contributed by atoms with Crippen molar-refractivity contribution >= 4 is 5.65 Å². The molecule has 0 N–H and O–H groups in total. The first-order chi connectivity index (χ1) is 15.5. The Balaban J connectivity index is 2.10. The summed E-state index contributed by atoms with van der Waals surface area (Å²) in [6, 6.07) is 18.4. The quantitative estimate of drug-likeness (QED) is 0.353. The summed E-state index contributed by atoms with van der Waals surface area (Å²) >= 11 is 0. The summed E-state index contributed by atoms with van der Waals surface area (Å²) in [6.45, 7) is 13.3. The third kappa shape index (κ3) is 4.32. The van der Waals surface area contributed by atoms with E-state index in [1.165, 1.54) is 0 Å². The molecule has 0 atom stereocenters. The van der Waals surface area contributed by atoms with Gasteiger partial charge in [0.05, 0.1) is 31.2 Å². The Kier molecular flexibility index (Phi) is 5.69. The van der Waals surface area contributed by atoms with Crippen molar-refractivity contribution in [2.24, 2.45) is 0 Å². The molecule has 0 aliphatic heterocycles. The first kappa shape index (κ1) is 22.8. The summed E-state index contributed by atoms with van der Waals surface area (Å²) < 4.78 is 12.8. The number of nitrogens with zero attached hydrogens (tertiary/aromatic N) is 3. The third-order valence-corrected chi connectivity index (χ3v) is 5.87. The maximum atomic E-state index is 5.39. The van der Waals surface area contributed by atoms with Crippen LogP contribution in [0.3, 0.4) is 0 Å². The molecule has 33 heavy (non-hydrogen) atoms. The van der Waals surface area contributed by atoms with Gasteiger partial charge in [-0.15, -0.1) is 0 Å². The lowest BCUT2D eigenvalue weighted by Gasteiger charge is -2.25. The number of rotatable bonds is 4. The van der Waals surface area contributed by atoms with Gasteiger partial charge >= 0.3 is 0 Å². The lowest BCUT2D eigenvalue weighted by Crippen LogP contribution is -2.22. The van der Waals surface area contributed by atoms with E-state index in [1.54, 1.807) is 14.2 Å². The van der Waals surface area contributed by atoms with E-state index in [0.29, 0.717) is 0 Å². The number of hydrogen-bond donors (Lipinski definition) is 0. The van der Waals surface area contributed by atoms with E-state index in [0.717, 1.165) is 50.9 Å². The van der Waals surface area contributed by atoms with Gasteiger partial charge in [0, 0.05) is 16.4 Å². The van der Waals surface area contributed by atoms with Crippen molar-refractivity contribution in [3.8, 4) is 33.9 Å². The molecule has 0 aliphatic carbocycles. The van der Waals surface area contributed by atoms with E-state index >= 15 is 0 Å². The van der Waals surface area contributed by atoms with Crippen molar-refractivity contribution < 1.29 is 9.47 Å². The molecular weight excluding hydrogens is 410 g/mol. The highest BCUT2D eigenvalue weighted by Gasteiger charge is 2.28. The first-order valence-corrected chi connectivity index (χ1v) is 11.3. The van der Waals surface area contributed by atoms with E-state index in [2.05, 4.69) is 71.9 Å². The molecule has 0 unspecified atom stereocenters. The maximum Gasteiger partial charge on any atom is 0.164 e. The molecule has 5 heteroatoms. The van der Waals surface area contributed by atoms with E-state index in [-0.39, 0.29) is 10.8 Å². The minimum Gasteiger partial charge on any atom is -0.497 e. The van der Waals surface area contributed by atoms with Crippen LogP contribution in [0.15, 0.2) is 54.6 Å². The number of fused-ring (bicyclic) bond motifs is 1. The highest BCUT2D eigenvalue weighted by Crippen LogP contribution is 2.39. The van der Waals surface area contributed by atoms with Crippen LogP contribution in [0.25, 0.3) is 28.0 Å². The normalized spacial score (nSPS) is 12.2. The molecule has 0 saturated carbocycles. The van der Waals surface area contributed by atoms with Gasteiger partial charge in [-0.2, -0.15) is 5.10 Å². The summed E-state index contributed by atoms with van der Waals surface area (Å²) in [5, 5.41) is 5.13. The Hall–Kier alpha value is -3.34. The number of aromatic nitrogens is 3. The van der Waals surface area contributed by atoms with Crippen molar-refractivity contribution in [1.82, 2.24) is 14.6 Å². The first-order valence-electron chi connectivity index (χ1n) is 11.3. The Morgan fingerprint density at radius 1 is 0.697 bits per heavy atom. The van der Waals surface area contributed by atoms with Crippen LogP contribution in [-0.2, 0) is 10.8 Å². The molecule has 2 heterocycles. The Labute approximate surface area is 196 Å². The molecule has 0 radical (unpaired) electrons. The summed E-state index contributed by atoms with van der Waals surface area (Å²) in [4.78, 5) is 5.16. The van der Waals surface area contributed by atoms with Gasteiger partial charge in [0.25, 0.3) is 0 Å². The molecule has 4 aromatic rings. The second kappa shape index (κ2) is 8.22. The van der Waals surface area contributed by atoms with Gasteiger partial charge in [0.15, 0.2) is 5.65 Å². The number of hydrogen-bond acceptors (Lipinski definition) is 4. The van der Waals surface area contributed by atoms with E-state index in [4.69, 9.17) is 19.6 Å². The molecule has 0 fully saturated rings. The lowest BCUT2D eigenvalue weighted by atomic mass is 9.86. The smallest absolute Gasteiger partial charge is 0.164 e. The van der Waals surface area contributed by atoms with Crippen molar-refractivity contribution in [3.05, 3.63) is 66.0 Å². The Morgan fingerprint density at radius 3 is 1.67 bits per heavy atom. The molecule has 5 nitrogen and oxygen atoms in total. The summed E-state index contributed by atoms with van der Waals surface area (Å²) in [7, 11) is 3.36. The second-order valence-corrected chi connectivity index (χ2v) is 10.4. The van der Waals surface area contributed by atoms with Gasteiger partial charge in [-0.25, -0.2) is 9.50 Å². The van der Waals surface area contributed by atoms with E-state index in [9.17, 15) is 0 Å². The monoisotopic (exact) mass is 443 g/mol. The zero-order valence-electron chi connectivity index (χ0n) is 20.9. The highest BCUT2D eigenvalue weighted by atomic mass is 16.5. The predicted octanol–water partition coefficient (Wildman–Crippen LogP) is 6.68. The molecule has 0 amide bonds. The third-order valence-electron chi connectivity index (χ3n) is 5.87. The van der Waals surface area contributed by atoms with E-state index < -0.39 is 0 Å². The lowest BCUT2D eigenvalue weighted by molar-refractivity contribution is 0.414. The van der Waals surface area contributed by atoms with Crippen molar-refractivity contribution in [2.45, 2.75) is 52.4 Å². The number of methoxy groups -OCH3 is 2. The minimum atomic E-state index is -0.110. The predicted molar refractivity (Wildman–Crippen MR) is 134 cm³/mol. The van der Waals surface area contributed by atoms with Crippen LogP contribution >= 0.6 is 0 Å². The molecule has 2 aromatic carbocycles. The van der Waals surface area contributed by atoms with Crippen LogP contribution in [0.5, 0.6) is 11.5 Å². The van der Waals surface area contributed by atoms with Gasteiger partial charge in [-0.3, -0.25) is 0 Å². The zero-order chi connectivity index (χ0) is 24.0. The Bertz CT molecular complexity index is 1270. The summed E-state index contributed by atoms with van der Waals surface area (Å²) in [5.74, 6) is 1.64. The number of ether oxygens (including phenoxy) is 2. The van der Waals surface area contributed by atoms with E-state index in [1.807, 2.05) is 28.8 Å². The highest BCUT2D eigenvalue weighted by molar-refractivity contribution is 5.91. The molecule has 0 bridgehead atoms. The fraction of sp³-hybridized carbons (Fsp3) is 0.357. The van der Waals surface area contributed by atoms with Crippen LogP contribution in [0.4, 0.5) is 0 Å². The van der Waals surface area contributed by atoms with Crippen molar-refractivity contribution in [2.75, 3.05) is 14.2 Å². The SMILES string of the molecule is COc1ccc(-c2nn3c(C(C)(C)C)cc(C(C)(C)C)nc3c2-c2ccc(OC)cc2)cc1. The van der Waals surface area contributed by atoms with Crippen LogP contribution in [0.1, 0.15) is 52.9 Å². The molecule has 2 aromatic heterocycles. The molecule has 0 aliphatic rings. The standard InChI is InChI=1S/C28H33N3O2/c1-27(2,3)22-17-23(28(4,5)6)31-26(29-22)24(18-9-13-20(32-7)14-10-18)25(30-31)19-11-15-21(33-8)16-12-19/h9-17H,1-8H3. The second-order valence-electron chi connectivity index (χ2n) is 10.4. The van der Waals surface area contributed by atoms with Gasteiger partial charge in [0.2, 0.25) is 0 Å². The Morgan fingerprint density at radius 2 is 1.21 bits per heavy atom. The largest absolute Gasteiger partial charge is 0.497 e. The van der Waals surface area contributed by atoms with Gasteiger partial charge < -0.3 is 9.47 Å². The zero-order valence-corrected chi connectivity index (χ0v) is 20.9. The van der Waals surface area contributed by atoms with Crippen molar-refractivity contribution in [3.63, 3.8) is 0 Å². The maximum absolute atomic E-state index is 5.39. The average molecular weight is 444 g/mol. The van der Waals surface area contributed by atoms with Crippen LogP contribution in [0, 0.1) is 0 Å². The fourth-order valence-electron chi connectivity index (χ4n) is 3.91. The summed E-state index contributed by atoms with van der Waals surface area (Å²) in [6.07, 6.45) is 0. The number of benzene rings is 2. The van der Waals surface area contributed by atoms with Crippen LogP contribution in [-0.4, -0.2) is 28.8 Å². The minimum absolute atomic E-state index is 0.0938. The molecule has 4 rings (SSSR count). The topological polar surface area (TPSA) is 48.7 Å². The molecular formula is C28H33N3O2. The average Bonchev–Trinajstić information content (AvgIpc) is 3.16. The summed E-state index contributed by atoms with van der Waals surface area (Å²) in [5.41, 5.74) is 6.82. The fourth-order valence-corrected chi connectivity index (χ4v) is 3.91. The molecule has 172 valence electrons. The van der Waals surface area contributed by atoms with Crippen molar-refractivity contribution in [1.29, 1.82) is 0 Å². The molecule has 0 spiro atoms. The van der Waals surface area contributed by atoms with Gasteiger partial charge in [-0.1, -0.05) is 53.7 Å². The van der Waals surface area contributed by atoms with Gasteiger partial charge in [0.1, 0.15) is 17.2 Å². The van der Waals surface area contributed by atoms with Crippen LogP contribution < -0.4 is 9.47 Å². The molecule has 0 saturated heterocycles. The van der Waals surface area contributed by atoms with Gasteiger partial charge in [-0.05, 0) is 48.0 Å². The van der Waals surface area contributed by atoms with Crippen LogP contribution in [0.2, 0.25) is 0 Å².